The van der Waals surface area contributed by atoms with Crippen LogP contribution in [0.4, 0.5) is 8.78 Å². The summed E-state index contributed by atoms with van der Waals surface area (Å²) in [7, 11) is -1.77. The Morgan fingerprint density at radius 1 is 1.25 bits per heavy atom. The summed E-state index contributed by atoms with van der Waals surface area (Å²) in [6.07, 6.45) is -1.53. The monoisotopic (exact) mass is 351 g/mol. The van der Waals surface area contributed by atoms with Gasteiger partial charge in [0.05, 0.1) is 10.6 Å². The maximum Gasteiger partial charge on any atom is 0.265 e. The molecule has 0 fully saturated rings. The second-order valence-corrected chi connectivity index (χ2v) is 7.55. The van der Waals surface area contributed by atoms with Crippen molar-refractivity contribution in [3.05, 3.63) is 42.1 Å². The van der Waals surface area contributed by atoms with Crippen LogP contribution in [-0.2, 0) is 16.9 Å². The molecule has 5 nitrogen and oxygen atoms in total. The third kappa shape index (κ3) is 2.66. The van der Waals surface area contributed by atoms with Crippen LogP contribution in [0.2, 0.25) is 0 Å². The van der Waals surface area contributed by atoms with Crippen LogP contribution in [0, 0.1) is 0 Å². The van der Waals surface area contributed by atoms with E-state index in [0.29, 0.717) is 22.6 Å². The average Bonchev–Trinajstić information content (AvgIpc) is 2.91. The normalized spacial score (nSPS) is 12.2. The zero-order valence-electron chi connectivity index (χ0n) is 13.1. The van der Waals surface area contributed by atoms with Gasteiger partial charge in [-0.05, 0) is 18.2 Å². The van der Waals surface area contributed by atoms with Gasteiger partial charge in [-0.15, -0.1) is 0 Å². The van der Waals surface area contributed by atoms with Crippen LogP contribution in [-0.4, -0.2) is 28.7 Å². The number of hydrogen-bond donors (Lipinski definition) is 0. The summed E-state index contributed by atoms with van der Waals surface area (Å²) in [6, 6.07) is 7.79. The molecule has 1 aromatic carbocycles. The second kappa shape index (κ2) is 5.94. The van der Waals surface area contributed by atoms with Crippen molar-refractivity contribution in [1.82, 2.24) is 14.5 Å². The largest absolute Gasteiger partial charge is 0.312 e. The van der Waals surface area contributed by atoms with Crippen LogP contribution in [0.1, 0.15) is 18.9 Å². The molecule has 2 aromatic heterocycles. The molecule has 2 heterocycles. The molecule has 0 spiro atoms. The van der Waals surface area contributed by atoms with Crippen molar-refractivity contribution in [1.29, 1.82) is 0 Å². The summed E-state index contributed by atoms with van der Waals surface area (Å²) in [4.78, 5) is 8.53. The predicted octanol–water partition coefficient (Wildman–Crippen LogP) is 3.37. The first kappa shape index (κ1) is 16.5. The minimum absolute atomic E-state index is 0.0399. The lowest BCUT2D eigenvalue weighted by Crippen LogP contribution is -2.07. The topological polar surface area (TPSA) is 64.8 Å². The highest BCUT2D eigenvalue weighted by molar-refractivity contribution is 7.91. The smallest absolute Gasteiger partial charge is 0.265 e. The van der Waals surface area contributed by atoms with Gasteiger partial charge in [-0.1, -0.05) is 19.1 Å². The van der Waals surface area contributed by atoms with E-state index in [-0.39, 0.29) is 16.2 Å². The molecule has 0 saturated heterocycles. The highest BCUT2D eigenvalue weighted by Gasteiger charge is 2.21. The molecule has 0 atom stereocenters. The van der Waals surface area contributed by atoms with Crippen LogP contribution in [0.25, 0.3) is 22.6 Å². The summed E-state index contributed by atoms with van der Waals surface area (Å²) in [5.74, 6) is 0.332. The van der Waals surface area contributed by atoms with Gasteiger partial charge in [0.25, 0.3) is 6.43 Å². The van der Waals surface area contributed by atoms with Crippen molar-refractivity contribution in [2.45, 2.75) is 18.2 Å². The van der Waals surface area contributed by atoms with Gasteiger partial charge in [-0.2, -0.15) is 0 Å². The molecule has 24 heavy (non-hydrogen) atoms. The van der Waals surface area contributed by atoms with Crippen LogP contribution >= 0.6 is 0 Å². The molecule has 0 unspecified atom stereocenters. The summed E-state index contributed by atoms with van der Waals surface area (Å²) in [6.45, 7) is 1.57. The number of sulfone groups is 1. The third-order valence-corrected chi connectivity index (χ3v) is 5.61. The Balaban J connectivity index is 2.26. The minimum Gasteiger partial charge on any atom is -0.312 e. The Bertz CT molecular complexity index is 1010. The molecule has 126 valence electrons. The first-order valence-corrected chi connectivity index (χ1v) is 8.93. The maximum absolute atomic E-state index is 12.8. The molecule has 0 aliphatic heterocycles. The number of benzene rings is 1. The van der Waals surface area contributed by atoms with Gasteiger partial charge in [-0.25, -0.2) is 27.2 Å². The Morgan fingerprint density at radius 2 is 1.96 bits per heavy atom. The summed E-state index contributed by atoms with van der Waals surface area (Å²) in [5.41, 5.74) is 0.923. The van der Waals surface area contributed by atoms with Crippen LogP contribution in [0.15, 0.2) is 41.4 Å². The number of rotatable bonds is 4. The number of aryl methyl sites for hydroxylation is 1. The lowest BCUT2D eigenvalue weighted by Gasteiger charge is -2.09. The zero-order chi connectivity index (χ0) is 17.5. The number of imidazole rings is 1. The number of nitrogens with zero attached hydrogens (tertiary/aromatic N) is 3. The fraction of sp³-hybridized carbons (Fsp3) is 0.250. The van der Waals surface area contributed by atoms with E-state index >= 15 is 0 Å². The molecule has 0 aliphatic carbocycles. The molecule has 0 N–H and O–H groups in total. The molecule has 0 saturated carbocycles. The number of pyridine rings is 1. The maximum atomic E-state index is 12.8. The molecule has 0 bridgehead atoms. The van der Waals surface area contributed by atoms with E-state index in [1.165, 1.54) is 12.1 Å². The van der Waals surface area contributed by atoms with Crippen molar-refractivity contribution in [2.24, 2.45) is 7.05 Å². The molecule has 0 amide bonds. The Kier molecular flexibility index (Phi) is 4.08. The van der Waals surface area contributed by atoms with Gasteiger partial charge in [0, 0.05) is 24.4 Å². The second-order valence-electron chi connectivity index (χ2n) is 5.31. The number of aromatic nitrogens is 3. The predicted molar refractivity (Wildman–Crippen MR) is 86.6 cm³/mol. The first-order chi connectivity index (χ1) is 11.3. The molecule has 8 heteroatoms. The third-order valence-electron chi connectivity index (χ3n) is 3.83. The number of fused-ring (bicyclic) bond motifs is 1. The molecule has 3 aromatic rings. The highest BCUT2D eigenvalue weighted by Crippen LogP contribution is 2.30. The lowest BCUT2D eigenvalue weighted by molar-refractivity contribution is 0.151. The minimum atomic E-state index is -3.45. The van der Waals surface area contributed by atoms with Crippen molar-refractivity contribution < 1.29 is 17.2 Å². The molecular formula is C16H15F2N3O2S. The van der Waals surface area contributed by atoms with Gasteiger partial charge < -0.3 is 4.57 Å². The van der Waals surface area contributed by atoms with Gasteiger partial charge >= 0.3 is 0 Å². The van der Waals surface area contributed by atoms with Crippen LogP contribution in [0.3, 0.4) is 0 Å². The van der Waals surface area contributed by atoms with Gasteiger partial charge in [0.1, 0.15) is 11.3 Å². The van der Waals surface area contributed by atoms with Gasteiger partial charge in [-0.3, -0.25) is 0 Å². The standard InChI is InChI=1S/C16H15F2N3O2S/c1-3-24(22,23)13-7-5-4-6-11(13)15-20-12-8-10(14(17)18)9-19-16(12)21(15)2/h4-9,14H,3H2,1-2H3. The van der Waals surface area contributed by atoms with E-state index in [1.54, 1.807) is 36.7 Å². The highest BCUT2D eigenvalue weighted by atomic mass is 32.2. The van der Waals surface area contributed by atoms with E-state index in [4.69, 9.17) is 0 Å². The van der Waals surface area contributed by atoms with Gasteiger partial charge in [0.2, 0.25) is 0 Å². The van der Waals surface area contributed by atoms with Crippen LogP contribution < -0.4 is 0 Å². The number of halogens is 2. The van der Waals surface area contributed by atoms with Crippen molar-refractivity contribution in [3.8, 4) is 11.4 Å². The summed E-state index contributed by atoms with van der Waals surface area (Å²) in [5, 5.41) is 0. The van der Waals surface area contributed by atoms with E-state index in [1.807, 2.05) is 0 Å². The number of hydrogen-bond acceptors (Lipinski definition) is 4. The van der Waals surface area contributed by atoms with E-state index < -0.39 is 16.3 Å². The number of alkyl halides is 2. The molecule has 0 radical (unpaired) electrons. The lowest BCUT2D eigenvalue weighted by atomic mass is 10.2. The summed E-state index contributed by atoms with van der Waals surface area (Å²) >= 11 is 0. The first-order valence-electron chi connectivity index (χ1n) is 7.28. The fourth-order valence-electron chi connectivity index (χ4n) is 2.53. The van der Waals surface area contributed by atoms with Crippen LogP contribution in [0.5, 0.6) is 0 Å². The Labute approximate surface area is 137 Å². The van der Waals surface area contributed by atoms with E-state index in [2.05, 4.69) is 9.97 Å². The summed E-state index contributed by atoms with van der Waals surface area (Å²) < 4.78 is 51.9. The SMILES string of the molecule is CCS(=O)(=O)c1ccccc1-c1nc2cc(C(F)F)cnc2n1C. The van der Waals surface area contributed by atoms with E-state index in [0.717, 1.165) is 6.20 Å². The van der Waals surface area contributed by atoms with Crippen molar-refractivity contribution in [2.75, 3.05) is 5.75 Å². The quantitative estimate of drug-likeness (QED) is 0.723. The Morgan fingerprint density at radius 3 is 2.62 bits per heavy atom. The molecule has 3 rings (SSSR count). The van der Waals surface area contributed by atoms with Crippen molar-refractivity contribution >= 4 is 21.0 Å². The van der Waals surface area contributed by atoms with E-state index in [9.17, 15) is 17.2 Å². The zero-order valence-corrected chi connectivity index (χ0v) is 13.9. The average molecular weight is 351 g/mol. The molecule has 0 aliphatic rings. The van der Waals surface area contributed by atoms with Gasteiger partial charge in [0.15, 0.2) is 15.5 Å². The Hall–Kier alpha value is -2.35. The van der Waals surface area contributed by atoms with Crippen molar-refractivity contribution in [3.63, 3.8) is 0 Å². The fourth-order valence-corrected chi connectivity index (χ4v) is 3.62. The molecular weight excluding hydrogens is 336 g/mol.